The maximum Gasteiger partial charge on any atom is 0.252 e. The summed E-state index contributed by atoms with van der Waals surface area (Å²) in [6.07, 6.45) is 0.877. The Balaban J connectivity index is 2.48. The Kier molecular flexibility index (Phi) is 4.46. The Morgan fingerprint density at radius 1 is 1.24 bits per heavy atom. The van der Waals surface area contributed by atoms with Gasteiger partial charge in [-0.25, -0.2) is 4.98 Å². The van der Waals surface area contributed by atoms with Gasteiger partial charge < -0.3 is 10.6 Å². The third-order valence-electron chi connectivity index (χ3n) is 3.65. The van der Waals surface area contributed by atoms with Crippen molar-refractivity contribution < 1.29 is 4.79 Å². The van der Waals surface area contributed by atoms with E-state index in [0.717, 1.165) is 29.7 Å². The van der Waals surface area contributed by atoms with Crippen LogP contribution in [0, 0.1) is 0 Å². The number of carbonyl (C=O) groups excluding carboxylic acids is 1. The van der Waals surface area contributed by atoms with Crippen LogP contribution in [-0.4, -0.2) is 23.0 Å². The summed E-state index contributed by atoms with van der Waals surface area (Å²) in [5, 5.41) is 7.15. The van der Waals surface area contributed by atoms with Crippen molar-refractivity contribution in [2.45, 2.75) is 39.7 Å². The van der Waals surface area contributed by atoms with Crippen molar-refractivity contribution in [2.24, 2.45) is 0 Å². The highest BCUT2D eigenvalue weighted by Crippen LogP contribution is 2.21. The van der Waals surface area contributed by atoms with Gasteiger partial charge in [-0.3, -0.25) is 4.79 Å². The summed E-state index contributed by atoms with van der Waals surface area (Å²) in [5.74, 6) is 0.676. The molecule has 0 spiro atoms. The molecule has 4 heteroatoms. The first kappa shape index (κ1) is 15.3. The van der Waals surface area contributed by atoms with Crippen LogP contribution >= 0.6 is 0 Å². The van der Waals surface area contributed by atoms with E-state index in [2.05, 4.69) is 22.5 Å². The Hall–Kier alpha value is -2.10. The summed E-state index contributed by atoms with van der Waals surface area (Å²) >= 11 is 0. The summed E-state index contributed by atoms with van der Waals surface area (Å²) in [6, 6.07) is 9.55. The highest BCUT2D eigenvalue weighted by atomic mass is 16.1. The van der Waals surface area contributed by atoms with Gasteiger partial charge in [0.15, 0.2) is 0 Å². The van der Waals surface area contributed by atoms with E-state index in [1.165, 1.54) is 0 Å². The number of pyridine rings is 1. The first-order chi connectivity index (χ1) is 9.96. The van der Waals surface area contributed by atoms with Gasteiger partial charge in [0.05, 0.1) is 11.1 Å². The topological polar surface area (TPSA) is 54.0 Å². The van der Waals surface area contributed by atoms with E-state index in [1.807, 2.05) is 51.1 Å². The molecule has 0 aliphatic rings. The maximum atomic E-state index is 12.6. The maximum absolute atomic E-state index is 12.6. The molecule has 0 aliphatic heterocycles. The number of hydrogen-bond donors (Lipinski definition) is 2. The first-order valence-corrected chi connectivity index (χ1v) is 7.43. The Labute approximate surface area is 126 Å². The summed E-state index contributed by atoms with van der Waals surface area (Å²) in [5.41, 5.74) is 1.27. The summed E-state index contributed by atoms with van der Waals surface area (Å²) in [6.45, 7) is 8.90. The second-order valence-electron chi connectivity index (χ2n) is 5.79. The van der Waals surface area contributed by atoms with Crippen LogP contribution in [0.3, 0.4) is 0 Å². The van der Waals surface area contributed by atoms with Crippen molar-refractivity contribution in [1.29, 1.82) is 0 Å². The molecule has 112 valence electrons. The van der Waals surface area contributed by atoms with E-state index in [4.69, 9.17) is 0 Å². The summed E-state index contributed by atoms with van der Waals surface area (Å²) in [4.78, 5) is 17.2. The van der Waals surface area contributed by atoms with Gasteiger partial charge >= 0.3 is 0 Å². The van der Waals surface area contributed by atoms with Gasteiger partial charge in [0.2, 0.25) is 0 Å². The van der Waals surface area contributed by atoms with Gasteiger partial charge in [0.25, 0.3) is 5.91 Å². The number of benzene rings is 1. The molecule has 0 saturated carbocycles. The Morgan fingerprint density at radius 3 is 2.62 bits per heavy atom. The number of carbonyl (C=O) groups is 1. The third kappa shape index (κ3) is 3.51. The predicted octanol–water partition coefficient (Wildman–Crippen LogP) is 3.59. The van der Waals surface area contributed by atoms with E-state index < -0.39 is 0 Å². The van der Waals surface area contributed by atoms with Crippen molar-refractivity contribution in [3.8, 4) is 0 Å². The molecule has 4 nitrogen and oxygen atoms in total. The fourth-order valence-corrected chi connectivity index (χ4v) is 2.10. The van der Waals surface area contributed by atoms with Gasteiger partial charge in [-0.2, -0.15) is 0 Å². The van der Waals surface area contributed by atoms with Crippen LogP contribution in [0.5, 0.6) is 0 Å². The van der Waals surface area contributed by atoms with Crippen molar-refractivity contribution in [2.75, 3.05) is 11.9 Å². The second kappa shape index (κ2) is 6.12. The zero-order chi connectivity index (χ0) is 15.5. The van der Waals surface area contributed by atoms with Crippen molar-refractivity contribution in [1.82, 2.24) is 10.3 Å². The van der Waals surface area contributed by atoms with Crippen LogP contribution in [0.4, 0.5) is 5.82 Å². The number of hydrogen-bond acceptors (Lipinski definition) is 3. The van der Waals surface area contributed by atoms with Gasteiger partial charge in [0.1, 0.15) is 5.82 Å². The molecule has 0 aliphatic carbocycles. The highest BCUT2D eigenvalue weighted by Gasteiger charge is 2.21. The number of amides is 1. The predicted molar refractivity (Wildman–Crippen MR) is 87.7 cm³/mol. The zero-order valence-electron chi connectivity index (χ0n) is 13.2. The molecule has 0 unspecified atom stereocenters. The highest BCUT2D eigenvalue weighted by molar-refractivity contribution is 6.07. The molecule has 1 amide bonds. The lowest BCUT2D eigenvalue weighted by Crippen LogP contribution is -2.42. The standard InChI is InChI=1S/C17H23N3O/c1-5-17(3,4)20-16(21)13-11-15(18-6-2)19-14-10-8-7-9-12(13)14/h7-11H,5-6H2,1-4H3,(H,18,19)(H,20,21). The Bertz CT molecular complexity index is 650. The summed E-state index contributed by atoms with van der Waals surface area (Å²) < 4.78 is 0. The molecule has 0 atom stereocenters. The van der Waals surface area contributed by atoms with Crippen molar-refractivity contribution in [3.63, 3.8) is 0 Å². The van der Waals surface area contributed by atoms with Crippen LogP contribution < -0.4 is 10.6 Å². The smallest absolute Gasteiger partial charge is 0.252 e. The average Bonchev–Trinajstić information content (AvgIpc) is 2.46. The Morgan fingerprint density at radius 2 is 1.95 bits per heavy atom. The van der Waals surface area contributed by atoms with Crippen LogP contribution in [-0.2, 0) is 0 Å². The lowest BCUT2D eigenvalue weighted by atomic mass is 10.0. The molecule has 2 aromatic rings. The first-order valence-electron chi connectivity index (χ1n) is 7.43. The molecule has 21 heavy (non-hydrogen) atoms. The number of nitrogens with zero attached hydrogens (tertiary/aromatic N) is 1. The molecule has 0 fully saturated rings. The zero-order valence-corrected chi connectivity index (χ0v) is 13.2. The normalized spacial score (nSPS) is 11.4. The quantitative estimate of drug-likeness (QED) is 0.882. The van der Waals surface area contributed by atoms with Crippen LogP contribution in [0.2, 0.25) is 0 Å². The fraction of sp³-hybridized carbons (Fsp3) is 0.412. The SMILES string of the molecule is CCNc1cc(C(=O)NC(C)(C)CC)c2ccccc2n1. The van der Waals surface area contributed by atoms with E-state index in [-0.39, 0.29) is 11.4 Å². The van der Waals surface area contributed by atoms with E-state index in [1.54, 1.807) is 0 Å². The van der Waals surface area contributed by atoms with E-state index >= 15 is 0 Å². The van der Waals surface area contributed by atoms with Crippen molar-refractivity contribution >= 4 is 22.6 Å². The van der Waals surface area contributed by atoms with Crippen LogP contribution in [0.25, 0.3) is 10.9 Å². The monoisotopic (exact) mass is 285 g/mol. The van der Waals surface area contributed by atoms with Gasteiger partial charge in [-0.1, -0.05) is 25.1 Å². The van der Waals surface area contributed by atoms with Gasteiger partial charge in [0, 0.05) is 17.5 Å². The number of anilines is 1. The second-order valence-corrected chi connectivity index (χ2v) is 5.79. The minimum atomic E-state index is -0.222. The molecule has 1 heterocycles. The molecule has 2 rings (SSSR count). The van der Waals surface area contributed by atoms with Crippen molar-refractivity contribution in [3.05, 3.63) is 35.9 Å². The molecule has 1 aromatic carbocycles. The number of rotatable bonds is 5. The third-order valence-corrected chi connectivity index (χ3v) is 3.65. The number of nitrogens with one attached hydrogen (secondary N) is 2. The molecular weight excluding hydrogens is 262 g/mol. The molecular formula is C17H23N3O. The molecule has 1 aromatic heterocycles. The average molecular weight is 285 g/mol. The number of fused-ring (bicyclic) bond motifs is 1. The number of aromatic nitrogens is 1. The van der Waals surface area contributed by atoms with Crippen LogP contribution in [0.1, 0.15) is 44.5 Å². The van der Waals surface area contributed by atoms with Gasteiger partial charge in [-0.15, -0.1) is 0 Å². The van der Waals surface area contributed by atoms with Crippen LogP contribution in [0.15, 0.2) is 30.3 Å². The van der Waals surface area contributed by atoms with Gasteiger partial charge in [-0.05, 0) is 39.3 Å². The molecule has 2 N–H and O–H groups in total. The molecule has 0 bridgehead atoms. The lowest BCUT2D eigenvalue weighted by Gasteiger charge is -2.25. The lowest BCUT2D eigenvalue weighted by molar-refractivity contribution is 0.0913. The number of para-hydroxylation sites is 1. The van der Waals surface area contributed by atoms with E-state index in [9.17, 15) is 4.79 Å². The minimum absolute atomic E-state index is 0.0559. The molecule has 0 radical (unpaired) electrons. The van der Waals surface area contributed by atoms with E-state index in [0.29, 0.717) is 5.56 Å². The fourth-order valence-electron chi connectivity index (χ4n) is 2.10. The summed E-state index contributed by atoms with van der Waals surface area (Å²) in [7, 11) is 0. The minimum Gasteiger partial charge on any atom is -0.370 e. The molecule has 0 saturated heterocycles. The largest absolute Gasteiger partial charge is 0.370 e.